The third kappa shape index (κ3) is 7.47. The van der Waals surface area contributed by atoms with Gasteiger partial charge in [-0.2, -0.15) is 26.3 Å². The van der Waals surface area contributed by atoms with Crippen molar-refractivity contribution in [1.82, 2.24) is 20.1 Å². The highest BCUT2D eigenvalue weighted by atomic mass is 32.1. The second-order valence-electron chi connectivity index (χ2n) is 11.4. The first-order valence-electron chi connectivity index (χ1n) is 14.8. The molecule has 2 aromatic carbocycles. The van der Waals surface area contributed by atoms with Gasteiger partial charge in [0.1, 0.15) is 18.1 Å². The van der Waals surface area contributed by atoms with E-state index < -0.39 is 70.2 Å². The zero-order valence-electron chi connectivity index (χ0n) is 25.0. The van der Waals surface area contributed by atoms with Crippen LogP contribution < -0.4 is 10.6 Å². The van der Waals surface area contributed by atoms with Crippen LogP contribution in [-0.4, -0.2) is 76.0 Å². The molecule has 0 saturated carbocycles. The highest BCUT2D eigenvalue weighted by Crippen LogP contribution is 2.37. The number of methoxy groups -OCH3 is 1. The molecule has 3 N–H and O–H groups in total. The second-order valence-corrected chi connectivity index (χ2v) is 11.8. The van der Waals surface area contributed by atoms with Gasteiger partial charge in [-0.3, -0.25) is 9.59 Å². The summed E-state index contributed by atoms with van der Waals surface area (Å²) in [5.41, 5.74) is -2.19. The number of esters is 1. The maximum atomic E-state index is 14.2. The molecule has 3 heterocycles. The van der Waals surface area contributed by atoms with Crippen molar-refractivity contribution >= 4 is 51.7 Å². The van der Waals surface area contributed by atoms with Crippen molar-refractivity contribution in [2.24, 2.45) is 0 Å². The van der Waals surface area contributed by atoms with Crippen molar-refractivity contribution in [2.45, 2.75) is 62.6 Å². The lowest BCUT2D eigenvalue weighted by molar-refractivity contribution is -0.154. The van der Waals surface area contributed by atoms with Crippen LogP contribution in [0, 0.1) is 0 Å². The number of nitrogens with one attached hydrogen (secondary N) is 3. The number of halogens is 6. The molecule has 0 aliphatic carbocycles. The van der Waals surface area contributed by atoms with Gasteiger partial charge in [-0.15, -0.1) is 0 Å². The van der Waals surface area contributed by atoms with Crippen LogP contribution in [0.3, 0.4) is 0 Å². The Balaban J connectivity index is 1.42. The predicted molar refractivity (Wildman–Crippen MR) is 163 cm³/mol. The molecule has 9 nitrogen and oxygen atoms in total. The number of fused-ring (bicyclic) bond motifs is 1. The van der Waals surface area contributed by atoms with Crippen LogP contribution in [0.5, 0.6) is 0 Å². The third-order valence-corrected chi connectivity index (χ3v) is 8.60. The number of aromatic nitrogens is 1. The molecule has 3 atom stereocenters. The summed E-state index contributed by atoms with van der Waals surface area (Å²) in [6.07, 6.45) is -6.61. The lowest BCUT2D eigenvalue weighted by Gasteiger charge is -2.33. The van der Waals surface area contributed by atoms with Crippen LogP contribution in [0.2, 0.25) is 0 Å². The number of likely N-dealkylation sites (tertiary alicyclic amines) is 2. The molecule has 2 amide bonds. The van der Waals surface area contributed by atoms with E-state index in [4.69, 9.17) is 17.0 Å². The topological polar surface area (TPSA) is 107 Å². The number of hydrogen-bond acceptors (Lipinski definition) is 5. The quantitative estimate of drug-likeness (QED) is 0.177. The minimum absolute atomic E-state index is 0.000647. The summed E-state index contributed by atoms with van der Waals surface area (Å²) in [6, 6.07) is 5.40. The Morgan fingerprint density at radius 1 is 0.957 bits per heavy atom. The number of anilines is 1. The van der Waals surface area contributed by atoms with Crippen molar-refractivity contribution in [3.8, 4) is 0 Å². The summed E-state index contributed by atoms with van der Waals surface area (Å²) in [6.45, 7) is 0.528. The predicted octanol–water partition coefficient (Wildman–Crippen LogP) is 5.26. The van der Waals surface area contributed by atoms with Gasteiger partial charge in [0.15, 0.2) is 5.11 Å². The lowest BCUT2D eigenvalue weighted by Crippen LogP contribution is -2.56. The number of nitrogens with zero attached hydrogens (tertiary/aromatic N) is 2. The Bertz CT molecular complexity index is 1640. The van der Waals surface area contributed by atoms with Crippen LogP contribution in [0.25, 0.3) is 10.9 Å². The molecule has 5 rings (SSSR count). The molecule has 3 aromatic rings. The van der Waals surface area contributed by atoms with E-state index in [1.165, 1.54) is 16.9 Å². The van der Waals surface area contributed by atoms with Crippen molar-refractivity contribution < 1.29 is 45.5 Å². The fourth-order valence-electron chi connectivity index (χ4n) is 6.16. The molecule has 0 unspecified atom stereocenters. The molecule has 0 radical (unpaired) electrons. The van der Waals surface area contributed by atoms with Crippen molar-refractivity contribution in [2.75, 3.05) is 25.5 Å². The van der Waals surface area contributed by atoms with Crippen LogP contribution >= 0.6 is 12.2 Å². The standard InChI is InChI=1S/C31H31F6N5O4S/c1-46-28(45)25-9-5-11-42(25)27(44)24-8-4-10-41(24)26(43)23(12-17-16-38-22-7-3-2-6-21(17)22)40-29(47)39-20-14-18(30(32,33)34)13-19(15-20)31(35,36)37/h2-3,6-7,13-16,23-25,38H,4-5,8-12H2,1H3,(H2,39,40,47)/t23-,24+,25-/m1/s1. The maximum absolute atomic E-state index is 14.2. The van der Waals surface area contributed by atoms with Gasteiger partial charge in [-0.05, 0) is 67.7 Å². The molecule has 16 heteroatoms. The minimum atomic E-state index is -5.07. The van der Waals surface area contributed by atoms with Crippen LogP contribution in [0.1, 0.15) is 42.4 Å². The zero-order chi connectivity index (χ0) is 34.1. The van der Waals surface area contributed by atoms with Crippen LogP contribution in [-0.2, 0) is 37.9 Å². The average Bonchev–Trinajstić information content (AvgIpc) is 3.79. The zero-order valence-corrected chi connectivity index (χ0v) is 25.8. The van der Waals surface area contributed by atoms with E-state index in [1.807, 2.05) is 18.2 Å². The van der Waals surface area contributed by atoms with Gasteiger partial charge < -0.3 is 30.2 Å². The largest absolute Gasteiger partial charge is 0.467 e. The number of carbonyl (C=O) groups excluding carboxylic acids is 3. The van der Waals surface area contributed by atoms with Gasteiger partial charge in [0.2, 0.25) is 11.8 Å². The van der Waals surface area contributed by atoms with Gasteiger partial charge >= 0.3 is 18.3 Å². The number of benzene rings is 2. The number of H-pyrrole nitrogens is 1. The van der Waals surface area contributed by atoms with E-state index in [2.05, 4.69) is 15.6 Å². The van der Waals surface area contributed by atoms with E-state index in [0.717, 1.165) is 10.9 Å². The van der Waals surface area contributed by atoms with E-state index in [0.29, 0.717) is 49.9 Å². The van der Waals surface area contributed by atoms with Gasteiger partial charge in [-0.1, -0.05) is 18.2 Å². The summed E-state index contributed by atoms with van der Waals surface area (Å²) in [5.74, 6) is -1.51. The molecule has 2 aliphatic heterocycles. The Labute approximate surface area is 270 Å². The number of carbonyl (C=O) groups is 3. The summed E-state index contributed by atoms with van der Waals surface area (Å²) in [4.78, 5) is 46.1. The Morgan fingerprint density at radius 3 is 2.21 bits per heavy atom. The van der Waals surface area contributed by atoms with Gasteiger partial charge in [0, 0.05) is 42.3 Å². The number of rotatable bonds is 7. The fraction of sp³-hybridized carbons (Fsp3) is 0.419. The Kier molecular flexibility index (Phi) is 9.70. The highest BCUT2D eigenvalue weighted by Gasteiger charge is 2.44. The summed E-state index contributed by atoms with van der Waals surface area (Å²) < 4.78 is 85.6. The number of ether oxygens (including phenoxy) is 1. The first-order valence-corrected chi connectivity index (χ1v) is 15.2. The molecule has 0 spiro atoms. The van der Waals surface area contributed by atoms with E-state index >= 15 is 0 Å². The van der Waals surface area contributed by atoms with Gasteiger partial charge in [0.05, 0.1) is 18.2 Å². The highest BCUT2D eigenvalue weighted by molar-refractivity contribution is 7.80. The fourth-order valence-corrected chi connectivity index (χ4v) is 6.42. The van der Waals surface area contributed by atoms with Crippen molar-refractivity contribution in [1.29, 1.82) is 0 Å². The van der Waals surface area contributed by atoms with Gasteiger partial charge in [-0.25, -0.2) is 4.79 Å². The first kappa shape index (κ1) is 34.0. The molecule has 2 fully saturated rings. The minimum Gasteiger partial charge on any atom is -0.467 e. The molecular weight excluding hydrogens is 652 g/mol. The first-order chi connectivity index (χ1) is 22.2. The number of thiocarbonyl (C=S) groups is 1. The smallest absolute Gasteiger partial charge is 0.416 e. The average molecular weight is 684 g/mol. The van der Waals surface area contributed by atoms with E-state index in [9.17, 15) is 40.7 Å². The monoisotopic (exact) mass is 683 g/mol. The van der Waals surface area contributed by atoms with Crippen LogP contribution in [0.15, 0.2) is 48.7 Å². The summed E-state index contributed by atoms with van der Waals surface area (Å²) >= 11 is 5.31. The summed E-state index contributed by atoms with van der Waals surface area (Å²) in [5, 5.41) is 5.54. The molecule has 1 aromatic heterocycles. The van der Waals surface area contributed by atoms with E-state index in [-0.39, 0.29) is 19.0 Å². The number of alkyl halides is 6. The SMILES string of the molecule is COC(=O)[C@H]1CCCN1C(=O)[C@@H]1CCCN1C(=O)[C@@H](Cc1c[nH]c2ccccc12)NC(=S)Nc1cc(C(F)(F)F)cc(C(F)(F)F)c1. The number of hydrogen-bond donors (Lipinski definition) is 3. The number of aromatic amines is 1. The van der Waals surface area contributed by atoms with Crippen LogP contribution in [0.4, 0.5) is 32.0 Å². The van der Waals surface area contributed by atoms with Crippen molar-refractivity contribution in [3.05, 3.63) is 65.4 Å². The molecule has 0 bridgehead atoms. The molecule has 47 heavy (non-hydrogen) atoms. The molecule has 2 aliphatic rings. The number of amides is 2. The maximum Gasteiger partial charge on any atom is 0.416 e. The molecule has 252 valence electrons. The Hall–Kier alpha value is -4.34. The van der Waals surface area contributed by atoms with Gasteiger partial charge in [0.25, 0.3) is 0 Å². The second kappa shape index (κ2) is 13.4. The summed E-state index contributed by atoms with van der Waals surface area (Å²) in [7, 11) is 1.23. The van der Waals surface area contributed by atoms with E-state index in [1.54, 1.807) is 12.3 Å². The third-order valence-electron chi connectivity index (χ3n) is 8.38. The van der Waals surface area contributed by atoms with Crippen molar-refractivity contribution in [3.63, 3.8) is 0 Å². The Morgan fingerprint density at radius 2 is 1.57 bits per heavy atom. The molecular formula is C31H31F6N5O4S. The molecule has 2 saturated heterocycles. The number of para-hydroxylation sites is 1. The normalized spacial score (nSPS) is 19.1. The lowest BCUT2D eigenvalue weighted by atomic mass is 10.0.